The Hall–Kier alpha value is -1.98. The molecule has 1 aromatic heterocycles. The van der Waals surface area contributed by atoms with Gasteiger partial charge in [0.2, 0.25) is 0 Å². The molecule has 108 valence electrons. The molecular weight excluding hydrogens is 266 g/mol. The van der Waals surface area contributed by atoms with Crippen LogP contribution in [0.25, 0.3) is 11.0 Å². The van der Waals surface area contributed by atoms with Crippen LogP contribution in [0.5, 0.6) is 0 Å². The summed E-state index contributed by atoms with van der Waals surface area (Å²) in [5.74, 6) is -2.47. The summed E-state index contributed by atoms with van der Waals surface area (Å²) in [5, 5.41) is 9.17. The number of aliphatic carboxylic acids is 1. The summed E-state index contributed by atoms with van der Waals surface area (Å²) in [6, 6.07) is 1.13. The van der Waals surface area contributed by atoms with Crippen molar-refractivity contribution >= 4 is 17.0 Å². The number of fused-ring (bicyclic) bond motifs is 1. The SMILES string of the molecule is CCCCc1nc2cc(F)c(F)cc2n1C(C)C(=O)O. The molecule has 0 aliphatic carbocycles. The minimum atomic E-state index is -1.04. The lowest BCUT2D eigenvalue weighted by Crippen LogP contribution is -2.18. The summed E-state index contributed by atoms with van der Waals surface area (Å²) < 4.78 is 28.1. The molecule has 0 saturated heterocycles. The molecule has 1 N–H and O–H groups in total. The first-order valence-electron chi connectivity index (χ1n) is 6.54. The van der Waals surface area contributed by atoms with E-state index in [9.17, 15) is 18.7 Å². The number of rotatable bonds is 5. The summed E-state index contributed by atoms with van der Waals surface area (Å²) in [6.07, 6.45) is 2.33. The highest BCUT2D eigenvalue weighted by molar-refractivity contribution is 5.80. The number of halogens is 2. The molecule has 1 aromatic carbocycles. The van der Waals surface area contributed by atoms with Crippen LogP contribution >= 0.6 is 0 Å². The second-order valence-electron chi connectivity index (χ2n) is 4.77. The molecule has 20 heavy (non-hydrogen) atoms. The Bertz CT molecular complexity index is 652. The lowest BCUT2D eigenvalue weighted by Gasteiger charge is -2.13. The Kier molecular flexibility index (Phi) is 4.01. The van der Waals surface area contributed by atoms with E-state index in [0.29, 0.717) is 17.8 Å². The summed E-state index contributed by atoms with van der Waals surface area (Å²) in [5.41, 5.74) is 0.591. The molecule has 0 saturated carbocycles. The number of nitrogens with zero attached hydrogens (tertiary/aromatic N) is 2. The number of unbranched alkanes of at least 4 members (excludes halogenated alkanes) is 1. The number of aromatic nitrogens is 2. The highest BCUT2D eigenvalue weighted by atomic mass is 19.2. The maximum atomic E-state index is 13.4. The standard InChI is InChI=1S/C14H16F2N2O2/c1-3-4-5-13-17-11-6-9(15)10(16)7-12(11)18(13)8(2)14(19)20/h6-8H,3-5H2,1-2H3,(H,19,20). The van der Waals surface area contributed by atoms with Crippen LogP contribution in [0, 0.1) is 11.6 Å². The van der Waals surface area contributed by atoms with Gasteiger partial charge in [-0.3, -0.25) is 0 Å². The number of hydrogen-bond acceptors (Lipinski definition) is 2. The van der Waals surface area contributed by atoms with E-state index >= 15 is 0 Å². The molecule has 1 unspecified atom stereocenters. The minimum absolute atomic E-state index is 0.281. The fraction of sp³-hybridized carbons (Fsp3) is 0.429. The predicted molar refractivity (Wildman–Crippen MR) is 70.6 cm³/mol. The van der Waals surface area contributed by atoms with Crippen molar-refractivity contribution in [1.29, 1.82) is 0 Å². The second kappa shape index (κ2) is 5.56. The summed E-state index contributed by atoms with van der Waals surface area (Å²) in [4.78, 5) is 15.5. The highest BCUT2D eigenvalue weighted by Gasteiger charge is 2.22. The van der Waals surface area contributed by atoms with Crippen molar-refractivity contribution < 1.29 is 18.7 Å². The molecule has 0 spiro atoms. The number of carboxylic acid groups (broad SMARTS) is 1. The maximum absolute atomic E-state index is 13.4. The third kappa shape index (κ3) is 2.50. The van der Waals surface area contributed by atoms with Crippen molar-refractivity contribution in [2.45, 2.75) is 39.2 Å². The fourth-order valence-electron chi connectivity index (χ4n) is 2.19. The number of aryl methyl sites for hydroxylation is 1. The first-order chi connectivity index (χ1) is 9.45. The monoisotopic (exact) mass is 282 g/mol. The zero-order valence-electron chi connectivity index (χ0n) is 11.4. The molecule has 0 fully saturated rings. The smallest absolute Gasteiger partial charge is 0.326 e. The van der Waals surface area contributed by atoms with Crippen molar-refractivity contribution in [3.05, 3.63) is 29.6 Å². The molecule has 0 bridgehead atoms. The molecule has 1 heterocycles. The zero-order chi connectivity index (χ0) is 14.9. The van der Waals surface area contributed by atoms with Gasteiger partial charge in [-0.1, -0.05) is 13.3 Å². The summed E-state index contributed by atoms with van der Waals surface area (Å²) in [6.45, 7) is 3.51. The van der Waals surface area contributed by atoms with Gasteiger partial charge in [0.1, 0.15) is 11.9 Å². The lowest BCUT2D eigenvalue weighted by molar-refractivity contribution is -0.140. The molecule has 2 rings (SSSR count). The molecule has 0 radical (unpaired) electrons. The molecular formula is C14H16F2N2O2. The topological polar surface area (TPSA) is 55.1 Å². The van der Waals surface area contributed by atoms with E-state index in [0.717, 1.165) is 25.0 Å². The van der Waals surface area contributed by atoms with Crippen LogP contribution in [-0.2, 0) is 11.2 Å². The highest BCUT2D eigenvalue weighted by Crippen LogP contribution is 2.25. The molecule has 4 nitrogen and oxygen atoms in total. The van der Waals surface area contributed by atoms with Gasteiger partial charge >= 0.3 is 5.97 Å². The van der Waals surface area contributed by atoms with E-state index in [1.54, 1.807) is 0 Å². The van der Waals surface area contributed by atoms with Gasteiger partial charge in [0, 0.05) is 18.6 Å². The summed E-state index contributed by atoms with van der Waals surface area (Å²) >= 11 is 0. The van der Waals surface area contributed by atoms with E-state index in [-0.39, 0.29) is 5.52 Å². The predicted octanol–water partition coefficient (Wildman–Crippen LogP) is 3.30. The van der Waals surface area contributed by atoms with Gasteiger partial charge < -0.3 is 9.67 Å². The van der Waals surface area contributed by atoms with Crippen molar-refractivity contribution in [1.82, 2.24) is 9.55 Å². The lowest BCUT2D eigenvalue weighted by atomic mass is 10.2. The van der Waals surface area contributed by atoms with Gasteiger partial charge in [0.25, 0.3) is 0 Å². The van der Waals surface area contributed by atoms with Gasteiger partial charge in [-0.15, -0.1) is 0 Å². The molecule has 6 heteroatoms. The Morgan fingerprint density at radius 1 is 1.40 bits per heavy atom. The largest absolute Gasteiger partial charge is 0.480 e. The third-order valence-corrected chi connectivity index (χ3v) is 3.30. The van der Waals surface area contributed by atoms with Crippen LogP contribution < -0.4 is 0 Å². The van der Waals surface area contributed by atoms with Gasteiger partial charge in [-0.05, 0) is 13.3 Å². The Morgan fingerprint density at radius 2 is 2.05 bits per heavy atom. The number of hydrogen-bond donors (Lipinski definition) is 1. The first-order valence-corrected chi connectivity index (χ1v) is 6.54. The molecule has 0 aliphatic heterocycles. The Balaban J connectivity index is 2.64. The minimum Gasteiger partial charge on any atom is -0.480 e. The van der Waals surface area contributed by atoms with Gasteiger partial charge in [0.05, 0.1) is 11.0 Å². The zero-order valence-corrected chi connectivity index (χ0v) is 11.4. The van der Waals surface area contributed by atoms with Crippen molar-refractivity contribution in [2.24, 2.45) is 0 Å². The fourth-order valence-corrected chi connectivity index (χ4v) is 2.19. The van der Waals surface area contributed by atoms with Crippen LogP contribution in [-0.4, -0.2) is 20.6 Å². The van der Waals surface area contributed by atoms with Crippen LogP contribution in [0.1, 0.15) is 38.6 Å². The van der Waals surface area contributed by atoms with Gasteiger partial charge in [-0.25, -0.2) is 18.6 Å². The van der Waals surface area contributed by atoms with Crippen LogP contribution in [0.4, 0.5) is 8.78 Å². The first kappa shape index (κ1) is 14.4. The van der Waals surface area contributed by atoms with Crippen molar-refractivity contribution in [3.8, 4) is 0 Å². The number of benzene rings is 1. The molecule has 0 aliphatic rings. The number of carbonyl (C=O) groups is 1. The normalized spacial score (nSPS) is 12.8. The second-order valence-corrected chi connectivity index (χ2v) is 4.77. The number of imidazole rings is 1. The van der Waals surface area contributed by atoms with E-state index in [2.05, 4.69) is 4.98 Å². The Morgan fingerprint density at radius 3 is 2.65 bits per heavy atom. The van der Waals surface area contributed by atoms with Crippen molar-refractivity contribution in [3.63, 3.8) is 0 Å². The Labute approximate surface area is 115 Å². The van der Waals surface area contributed by atoms with E-state index < -0.39 is 23.6 Å². The average Bonchev–Trinajstić information content (AvgIpc) is 2.73. The van der Waals surface area contributed by atoms with E-state index in [1.165, 1.54) is 11.5 Å². The van der Waals surface area contributed by atoms with Crippen molar-refractivity contribution in [2.75, 3.05) is 0 Å². The number of carboxylic acids is 1. The van der Waals surface area contributed by atoms with Gasteiger partial charge in [-0.2, -0.15) is 0 Å². The molecule has 0 amide bonds. The van der Waals surface area contributed by atoms with Gasteiger partial charge in [0.15, 0.2) is 11.6 Å². The summed E-state index contributed by atoms with van der Waals surface area (Å²) in [7, 11) is 0. The third-order valence-electron chi connectivity index (χ3n) is 3.30. The molecule has 2 aromatic rings. The quantitative estimate of drug-likeness (QED) is 0.915. The van der Waals surface area contributed by atoms with Crippen LogP contribution in [0.2, 0.25) is 0 Å². The average molecular weight is 282 g/mol. The van der Waals surface area contributed by atoms with E-state index in [4.69, 9.17) is 0 Å². The molecule has 1 atom stereocenters. The van der Waals surface area contributed by atoms with E-state index in [1.807, 2.05) is 6.92 Å². The van der Waals surface area contributed by atoms with Crippen LogP contribution in [0.3, 0.4) is 0 Å². The maximum Gasteiger partial charge on any atom is 0.326 e. The van der Waals surface area contributed by atoms with Crippen LogP contribution in [0.15, 0.2) is 12.1 Å².